The number of methoxy groups -OCH3 is 1. The molecule has 1 heterocycles. The number of carbonyl (C=O) groups excluding carboxylic acids is 1. The summed E-state index contributed by atoms with van der Waals surface area (Å²) in [6.07, 6.45) is 2.18. The van der Waals surface area contributed by atoms with Crippen molar-refractivity contribution < 1.29 is 9.53 Å². The molecule has 1 saturated carbocycles. The Labute approximate surface area is 98.2 Å². The molecule has 1 aromatic heterocycles. The SMILES string of the molecule is COC(=O)c1cccc2nc(N)n(C3CC3)c12. The number of benzene rings is 1. The number of anilines is 1. The predicted molar refractivity (Wildman–Crippen MR) is 63.8 cm³/mol. The van der Waals surface area contributed by atoms with E-state index in [4.69, 9.17) is 10.5 Å². The number of rotatable bonds is 2. The van der Waals surface area contributed by atoms with E-state index in [1.807, 2.05) is 10.6 Å². The Morgan fingerprint density at radius 1 is 1.53 bits per heavy atom. The maximum atomic E-state index is 11.7. The molecular weight excluding hydrogens is 218 g/mol. The fourth-order valence-corrected chi connectivity index (χ4v) is 2.14. The molecule has 0 amide bonds. The van der Waals surface area contributed by atoms with Gasteiger partial charge < -0.3 is 15.0 Å². The Bertz CT molecular complexity index is 599. The van der Waals surface area contributed by atoms with Gasteiger partial charge in [-0.1, -0.05) is 6.07 Å². The van der Waals surface area contributed by atoms with Crippen LogP contribution in [0.15, 0.2) is 18.2 Å². The normalized spacial score (nSPS) is 15.1. The van der Waals surface area contributed by atoms with Crippen LogP contribution in [0.5, 0.6) is 0 Å². The highest BCUT2D eigenvalue weighted by Gasteiger charge is 2.29. The van der Waals surface area contributed by atoms with Crippen molar-refractivity contribution in [1.29, 1.82) is 0 Å². The van der Waals surface area contributed by atoms with E-state index < -0.39 is 0 Å². The second kappa shape index (κ2) is 3.48. The van der Waals surface area contributed by atoms with Crippen LogP contribution in [0.2, 0.25) is 0 Å². The second-order valence-corrected chi connectivity index (χ2v) is 4.24. The van der Waals surface area contributed by atoms with E-state index in [0.29, 0.717) is 17.6 Å². The fraction of sp³-hybridized carbons (Fsp3) is 0.333. The zero-order valence-electron chi connectivity index (χ0n) is 9.51. The van der Waals surface area contributed by atoms with Crippen molar-refractivity contribution in [3.63, 3.8) is 0 Å². The number of imidazole rings is 1. The highest BCUT2D eigenvalue weighted by Crippen LogP contribution is 2.40. The van der Waals surface area contributed by atoms with Gasteiger partial charge in [-0.25, -0.2) is 9.78 Å². The van der Waals surface area contributed by atoms with E-state index in [1.54, 1.807) is 12.1 Å². The Morgan fingerprint density at radius 2 is 2.29 bits per heavy atom. The third-order valence-corrected chi connectivity index (χ3v) is 3.05. The monoisotopic (exact) mass is 231 g/mol. The summed E-state index contributed by atoms with van der Waals surface area (Å²) < 4.78 is 6.73. The zero-order chi connectivity index (χ0) is 12.0. The zero-order valence-corrected chi connectivity index (χ0v) is 9.51. The van der Waals surface area contributed by atoms with Gasteiger partial charge in [0.05, 0.1) is 23.7 Å². The summed E-state index contributed by atoms with van der Waals surface area (Å²) in [4.78, 5) is 16.0. The van der Waals surface area contributed by atoms with Crippen molar-refractivity contribution >= 4 is 23.0 Å². The molecule has 0 radical (unpaired) electrons. The van der Waals surface area contributed by atoms with Gasteiger partial charge >= 0.3 is 5.97 Å². The molecule has 1 aromatic carbocycles. The molecule has 0 saturated heterocycles. The van der Waals surface area contributed by atoms with Gasteiger partial charge in [-0.05, 0) is 25.0 Å². The first-order chi connectivity index (χ1) is 8.22. The van der Waals surface area contributed by atoms with Gasteiger partial charge in [0.1, 0.15) is 0 Å². The number of para-hydroxylation sites is 1. The smallest absolute Gasteiger partial charge is 0.340 e. The minimum atomic E-state index is -0.350. The van der Waals surface area contributed by atoms with Gasteiger partial charge in [0, 0.05) is 6.04 Å². The number of nitrogens with zero attached hydrogens (tertiary/aromatic N) is 2. The van der Waals surface area contributed by atoms with E-state index >= 15 is 0 Å². The molecule has 17 heavy (non-hydrogen) atoms. The number of carbonyl (C=O) groups is 1. The van der Waals surface area contributed by atoms with Crippen LogP contribution in [0.4, 0.5) is 5.95 Å². The van der Waals surface area contributed by atoms with Crippen molar-refractivity contribution in [1.82, 2.24) is 9.55 Å². The molecule has 0 aliphatic heterocycles. The van der Waals surface area contributed by atoms with Crippen LogP contribution >= 0.6 is 0 Å². The molecule has 88 valence electrons. The van der Waals surface area contributed by atoms with E-state index in [1.165, 1.54) is 7.11 Å². The number of nitrogen functional groups attached to an aromatic ring is 1. The molecule has 2 aromatic rings. The molecule has 1 fully saturated rings. The van der Waals surface area contributed by atoms with Gasteiger partial charge in [0.2, 0.25) is 5.95 Å². The molecule has 0 atom stereocenters. The molecule has 2 N–H and O–H groups in total. The number of hydrogen-bond acceptors (Lipinski definition) is 4. The van der Waals surface area contributed by atoms with Crippen LogP contribution in [0.25, 0.3) is 11.0 Å². The average molecular weight is 231 g/mol. The van der Waals surface area contributed by atoms with Crippen molar-refractivity contribution in [2.24, 2.45) is 0 Å². The third kappa shape index (κ3) is 1.46. The number of hydrogen-bond donors (Lipinski definition) is 1. The summed E-state index contributed by atoms with van der Waals surface area (Å²) in [6, 6.07) is 5.77. The quantitative estimate of drug-likeness (QED) is 0.799. The van der Waals surface area contributed by atoms with Crippen molar-refractivity contribution in [2.75, 3.05) is 12.8 Å². The molecule has 0 unspecified atom stereocenters. The fourth-order valence-electron chi connectivity index (χ4n) is 2.14. The Kier molecular flexibility index (Phi) is 2.07. The van der Waals surface area contributed by atoms with Crippen molar-refractivity contribution in [2.45, 2.75) is 18.9 Å². The highest BCUT2D eigenvalue weighted by atomic mass is 16.5. The molecule has 3 rings (SSSR count). The third-order valence-electron chi connectivity index (χ3n) is 3.05. The molecular formula is C12H13N3O2. The summed E-state index contributed by atoms with van der Waals surface area (Å²) in [5.41, 5.74) is 7.97. The van der Waals surface area contributed by atoms with Gasteiger partial charge in [-0.2, -0.15) is 0 Å². The van der Waals surface area contributed by atoms with Gasteiger partial charge in [0.25, 0.3) is 0 Å². The van der Waals surface area contributed by atoms with Crippen LogP contribution in [0.3, 0.4) is 0 Å². The summed E-state index contributed by atoms with van der Waals surface area (Å²) in [5.74, 6) is 0.122. The minimum absolute atomic E-state index is 0.350. The topological polar surface area (TPSA) is 70.1 Å². The van der Waals surface area contributed by atoms with E-state index in [2.05, 4.69) is 4.98 Å². The minimum Gasteiger partial charge on any atom is -0.465 e. The number of esters is 1. The predicted octanol–water partition coefficient (Wildman–Crippen LogP) is 1.74. The van der Waals surface area contributed by atoms with Crippen molar-refractivity contribution in [3.05, 3.63) is 23.8 Å². The second-order valence-electron chi connectivity index (χ2n) is 4.24. The lowest BCUT2D eigenvalue weighted by atomic mass is 10.2. The first kappa shape index (κ1) is 10.1. The first-order valence-electron chi connectivity index (χ1n) is 5.57. The Hall–Kier alpha value is -2.04. The lowest BCUT2D eigenvalue weighted by Crippen LogP contribution is -2.06. The standard InChI is InChI=1S/C12H13N3O2/c1-17-11(16)8-3-2-4-9-10(8)15(7-5-6-7)12(13)14-9/h2-4,7H,5-6H2,1H3,(H2,13,14). The maximum Gasteiger partial charge on any atom is 0.340 e. The maximum absolute atomic E-state index is 11.7. The Morgan fingerprint density at radius 3 is 2.94 bits per heavy atom. The van der Waals surface area contributed by atoms with Crippen molar-refractivity contribution in [3.8, 4) is 0 Å². The van der Waals surface area contributed by atoms with E-state index in [-0.39, 0.29) is 5.97 Å². The first-order valence-corrected chi connectivity index (χ1v) is 5.57. The number of aromatic nitrogens is 2. The Balaban J connectivity index is 2.31. The molecule has 1 aliphatic carbocycles. The van der Waals surface area contributed by atoms with E-state index in [9.17, 15) is 4.79 Å². The van der Waals surface area contributed by atoms with Crippen LogP contribution < -0.4 is 5.73 Å². The summed E-state index contributed by atoms with van der Waals surface area (Å²) in [5, 5.41) is 0. The van der Waals surface area contributed by atoms with Crippen LogP contribution in [0, 0.1) is 0 Å². The number of nitrogens with two attached hydrogens (primary N) is 1. The van der Waals surface area contributed by atoms with Crippen LogP contribution in [0.1, 0.15) is 29.2 Å². The average Bonchev–Trinajstić information content (AvgIpc) is 3.10. The lowest BCUT2D eigenvalue weighted by Gasteiger charge is -2.07. The number of ether oxygens (including phenoxy) is 1. The number of fused-ring (bicyclic) bond motifs is 1. The summed E-state index contributed by atoms with van der Waals surface area (Å²) in [6.45, 7) is 0. The summed E-state index contributed by atoms with van der Waals surface area (Å²) in [7, 11) is 1.38. The van der Waals surface area contributed by atoms with Crippen LogP contribution in [-0.4, -0.2) is 22.6 Å². The summed E-state index contributed by atoms with van der Waals surface area (Å²) >= 11 is 0. The van der Waals surface area contributed by atoms with Gasteiger partial charge in [-0.15, -0.1) is 0 Å². The highest BCUT2D eigenvalue weighted by molar-refractivity contribution is 6.02. The molecule has 5 nitrogen and oxygen atoms in total. The van der Waals surface area contributed by atoms with E-state index in [0.717, 1.165) is 23.9 Å². The largest absolute Gasteiger partial charge is 0.465 e. The molecule has 1 aliphatic rings. The lowest BCUT2D eigenvalue weighted by molar-refractivity contribution is 0.0602. The van der Waals surface area contributed by atoms with Gasteiger partial charge in [-0.3, -0.25) is 0 Å². The van der Waals surface area contributed by atoms with Gasteiger partial charge in [0.15, 0.2) is 0 Å². The molecule has 0 bridgehead atoms. The molecule has 5 heteroatoms. The van der Waals surface area contributed by atoms with Crippen LogP contribution in [-0.2, 0) is 4.74 Å². The molecule has 0 spiro atoms.